The highest BCUT2D eigenvalue weighted by Crippen LogP contribution is 2.25. The van der Waals surface area contributed by atoms with Crippen molar-refractivity contribution in [2.75, 3.05) is 31.1 Å². The Morgan fingerprint density at radius 2 is 1.80 bits per heavy atom. The van der Waals surface area contributed by atoms with Crippen molar-refractivity contribution in [2.24, 2.45) is 0 Å². The Hall–Kier alpha value is -1.31. The minimum Gasteiger partial charge on any atom is -0.465 e. The van der Waals surface area contributed by atoms with Crippen LogP contribution in [0.5, 0.6) is 0 Å². The summed E-state index contributed by atoms with van der Waals surface area (Å²) < 4.78 is 24.3. The van der Waals surface area contributed by atoms with E-state index in [0.717, 1.165) is 18.4 Å². The van der Waals surface area contributed by atoms with Gasteiger partial charge in [0, 0.05) is 36.7 Å². The normalized spacial score (nSPS) is 25.0. The van der Waals surface area contributed by atoms with E-state index in [1.807, 2.05) is 24.3 Å². The Bertz CT molecular complexity index is 715. The molecule has 2 aliphatic rings. The molecule has 1 aromatic rings. The molecular weight excluding hydrogens is 364 g/mol. The van der Waals surface area contributed by atoms with Crippen LogP contribution in [0.15, 0.2) is 24.3 Å². The molecule has 1 atom stereocenters. The van der Waals surface area contributed by atoms with Crippen LogP contribution in [0.25, 0.3) is 0 Å². The van der Waals surface area contributed by atoms with Crippen LogP contribution in [0, 0.1) is 0 Å². The highest BCUT2D eigenvalue weighted by atomic mass is 35.5. The van der Waals surface area contributed by atoms with Crippen molar-refractivity contribution in [3.05, 3.63) is 34.9 Å². The van der Waals surface area contributed by atoms with Gasteiger partial charge in [0.05, 0.1) is 11.5 Å². The number of likely N-dealkylation sites (tertiary alicyclic amines) is 1. The molecular formula is C17H23ClN2O4S. The fourth-order valence-corrected chi connectivity index (χ4v) is 5.51. The van der Waals surface area contributed by atoms with Crippen LogP contribution in [0.4, 0.5) is 4.79 Å². The molecule has 0 unspecified atom stereocenters. The maximum absolute atomic E-state index is 12.1. The molecule has 6 nitrogen and oxygen atoms in total. The van der Waals surface area contributed by atoms with Gasteiger partial charge in [-0.25, -0.2) is 13.2 Å². The Morgan fingerprint density at radius 3 is 2.40 bits per heavy atom. The summed E-state index contributed by atoms with van der Waals surface area (Å²) >= 11 is 5.93. The van der Waals surface area contributed by atoms with Crippen LogP contribution >= 0.6 is 11.6 Å². The highest BCUT2D eigenvalue weighted by molar-refractivity contribution is 7.91. The van der Waals surface area contributed by atoms with Crippen molar-refractivity contribution < 1.29 is 18.3 Å². The minimum absolute atomic E-state index is 0.0682. The maximum Gasteiger partial charge on any atom is 0.407 e. The third-order valence-electron chi connectivity index (χ3n) is 5.16. The number of nitrogens with zero attached hydrogens (tertiary/aromatic N) is 2. The Kier molecular flexibility index (Phi) is 5.55. The topological polar surface area (TPSA) is 77.9 Å². The smallest absolute Gasteiger partial charge is 0.407 e. The van der Waals surface area contributed by atoms with Gasteiger partial charge in [-0.2, -0.15) is 0 Å². The SMILES string of the molecule is O=C(O)N1CCC(N2CCS(=O)(=O)C[C@@H]2Cc2ccc(Cl)cc2)CC1. The molecule has 0 bridgehead atoms. The van der Waals surface area contributed by atoms with Gasteiger partial charge in [-0.3, -0.25) is 4.90 Å². The van der Waals surface area contributed by atoms with Crippen LogP contribution < -0.4 is 0 Å². The molecule has 2 fully saturated rings. The van der Waals surface area contributed by atoms with Gasteiger partial charge >= 0.3 is 6.09 Å². The Morgan fingerprint density at radius 1 is 1.16 bits per heavy atom. The van der Waals surface area contributed by atoms with Gasteiger partial charge in [0.15, 0.2) is 9.84 Å². The molecule has 0 aromatic heterocycles. The molecule has 3 rings (SSSR count). The van der Waals surface area contributed by atoms with Crippen molar-refractivity contribution >= 4 is 27.5 Å². The molecule has 0 aliphatic carbocycles. The standard InChI is InChI=1S/C17H23ClN2O4S/c18-14-3-1-13(2-4-14)11-16-12-25(23,24)10-9-20(16)15-5-7-19(8-6-15)17(21)22/h1-4,15-16H,5-12H2,(H,21,22)/t16-/m0/s1. The maximum atomic E-state index is 12.1. The third kappa shape index (κ3) is 4.65. The average Bonchev–Trinajstić information content (AvgIpc) is 2.56. The fraction of sp³-hybridized carbons (Fsp3) is 0.588. The first-order valence-electron chi connectivity index (χ1n) is 8.52. The zero-order valence-electron chi connectivity index (χ0n) is 14.0. The molecule has 138 valence electrons. The Balaban J connectivity index is 1.72. The number of hydrogen-bond donors (Lipinski definition) is 1. The largest absolute Gasteiger partial charge is 0.465 e. The molecule has 1 N–H and O–H groups in total. The lowest BCUT2D eigenvalue weighted by Gasteiger charge is -2.44. The van der Waals surface area contributed by atoms with E-state index in [9.17, 15) is 13.2 Å². The lowest BCUT2D eigenvalue weighted by molar-refractivity contribution is 0.0766. The highest BCUT2D eigenvalue weighted by Gasteiger charge is 2.37. The van der Waals surface area contributed by atoms with Crippen molar-refractivity contribution in [3.8, 4) is 0 Å². The summed E-state index contributed by atoms with van der Waals surface area (Å²) in [5.74, 6) is 0.345. The first-order chi connectivity index (χ1) is 11.8. The van der Waals surface area contributed by atoms with E-state index in [-0.39, 0.29) is 23.6 Å². The van der Waals surface area contributed by atoms with Crippen LogP contribution in [-0.4, -0.2) is 72.6 Å². The third-order valence-corrected chi connectivity index (χ3v) is 7.11. The number of rotatable bonds is 3. The Labute approximate surface area is 153 Å². The van der Waals surface area contributed by atoms with E-state index < -0.39 is 15.9 Å². The summed E-state index contributed by atoms with van der Waals surface area (Å²) in [6, 6.07) is 7.70. The number of carbonyl (C=O) groups is 1. The number of hydrogen-bond acceptors (Lipinski definition) is 4. The minimum atomic E-state index is -3.03. The second-order valence-corrected chi connectivity index (χ2v) is 9.50. The van der Waals surface area contributed by atoms with E-state index in [1.54, 1.807) is 0 Å². The summed E-state index contributed by atoms with van der Waals surface area (Å²) in [5, 5.41) is 9.76. The molecule has 0 spiro atoms. The van der Waals surface area contributed by atoms with Crippen LogP contribution in [0.3, 0.4) is 0 Å². The second-order valence-electron chi connectivity index (χ2n) is 6.84. The number of sulfone groups is 1. The van der Waals surface area contributed by atoms with Crippen LogP contribution in [0.2, 0.25) is 5.02 Å². The predicted molar refractivity (Wildman–Crippen MR) is 96.9 cm³/mol. The number of carboxylic acid groups (broad SMARTS) is 1. The molecule has 1 aromatic carbocycles. The average molecular weight is 387 g/mol. The molecule has 0 saturated carbocycles. The van der Waals surface area contributed by atoms with E-state index in [2.05, 4.69) is 4.90 Å². The number of halogens is 1. The number of amides is 1. The summed E-state index contributed by atoms with van der Waals surface area (Å²) in [4.78, 5) is 14.8. The van der Waals surface area contributed by atoms with E-state index in [4.69, 9.17) is 16.7 Å². The zero-order chi connectivity index (χ0) is 18.0. The van der Waals surface area contributed by atoms with Crippen molar-refractivity contribution in [3.63, 3.8) is 0 Å². The van der Waals surface area contributed by atoms with Crippen LogP contribution in [-0.2, 0) is 16.3 Å². The van der Waals surface area contributed by atoms with Gasteiger partial charge in [0.25, 0.3) is 0 Å². The first-order valence-corrected chi connectivity index (χ1v) is 10.7. The van der Waals surface area contributed by atoms with Gasteiger partial charge in [0.1, 0.15) is 0 Å². The predicted octanol–water partition coefficient (Wildman–Crippen LogP) is 2.12. The summed E-state index contributed by atoms with van der Waals surface area (Å²) in [6.07, 6.45) is 1.29. The molecule has 2 saturated heterocycles. The molecule has 1 amide bonds. The van der Waals surface area contributed by atoms with Gasteiger partial charge in [-0.05, 0) is 37.0 Å². The van der Waals surface area contributed by atoms with Gasteiger partial charge in [-0.15, -0.1) is 0 Å². The fourth-order valence-electron chi connectivity index (χ4n) is 3.84. The monoisotopic (exact) mass is 386 g/mol. The lowest BCUT2D eigenvalue weighted by atomic mass is 9.98. The molecule has 2 aliphatic heterocycles. The molecule has 0 radical (unpaired) electrons. The summed E-state index contributed by atoms with van der Waals surface area (Å²) in [7, 11) is -3.03. The van der Waals surface area contributed by atoms with Crippen molar-refractivity contribution in [1.82, 2.24) is 9.80 Å². The lowest BCUT2D eigenvalue weighted by Crippen LogP contribution is -2.56. The van der Waals surface area contributed by atoms with Gasteiger partial charge < -0.3 is 10.0 Å². The first kappa shape index (κ1) is 18.5. The second kappa shape index (κ2) is 7.51. The van der Waals surface area contributed by atoms with Gasteiger partial charge in [-0.1, -0.05) is 23.7 Å². The molecule has 25 heavy (non-hydrogen) atoms. The van der Waals surface area contributed by atoms with Gasteiger partial charge in [0.2, 0.25) is 0 Å². The van der Waals surface area contributed by atoms with Crippen LogP contribution in [0.1, 0.15) is 18.4 Å². The summed E-state index contributed by atoms with van der Waals surface area (Å²) in [5.41, 5.74) is 1.07. The zero-order valence-corrected chi connectivity index (χ0v) is 15.5. The summed E-state index contributed by atoms with van der Waals surface area (Å²) in [6.45, 7) is 1.55. The van der Waals surface area contributed by atoms with E-state index in [1.165, 1.54) is 4.90 Å². The molecule has 2 heterocycles. The van der Waals surface area contributed by atoms with Crippen molar-refractivity contribution in [2.45, 2.75) is 31.3 Å². The van der Waals surface area contributed by atoms with E-state index >= 15 is 0 Å². The number of benzene rings is 1. The van der Waals surface area contributed by atoms with Crippen molar-refractivity contribution in [1.29, 1.82) is 0 Å². The molecule has 8 heteroatoms. The quantitative estimate of drug-likeness (QED) is 0.860. The number of piperidine rings is 1. The van der Waals surface area contributed by atoms with E-state index in [0.29, 0.717) is 31.1 Å².